The van der Waals surface area contributed by atoms with Crippen LogP contribution in [-0.4, -0.2) is 28.2 Å². The maximum absolute atomic E-state index is 9.04. The van der Waals surface area contributed by atoms with E-state index in [-0.39, 0.29) is 12.0 Å². The molecule has 2 rings (SSSR count). The highest BCUT2D eigenvalue weighted by Crippen LogP contribution is 2.45. The Morgan fingerprint density at radius 1 is 1.40 bits per heavy atom. The van der Waals surface area contributed by atoms with Crippen molar-refractivity contribution < 1.29 is 14.9 Å². The van der Waals surface area contributed by atoms with Crippen LogP contribution < -0.4 is 0 Å². The van der Waals surface area contributed by atoms with Crippen molar-refractivity contribution >= 4 is 0 Å². The van der Waals surface area contributed by atoms with E-state index in [2.05, 4.69) is 11.8 Å². The Morgan fingerprint density at radius 3 is 2.60 bits per heavy atom. The van der Waals surface area contributed by atoms with Crippen LogP contribution in [0.25, 0.3) is 0 Å². The Hall–Kier alpha value is -0.560. The second-order valence-corrected chi connectivity index (χ2v) is 2.75. The monoisotopic (exact) mass is 140 g/mol. The molecular weight excluding hydrogens is 132 g/mol. The molecule has 0 aromatic rings. The Bertz CT molecular complexity index is 223. The van der Waals surface area contributed by atoms with E-state index in [0.29, 0.717) is 0 Å². The van der Waals surface area contributed by atoms with Crippen molar-refractivity contribution in [3.63, 3.8) is 0 Å². The largest absolute Gasteiger partial charge is 0.362 e. The van der Waals surface area contributed by atoms with Gasteiger partial charge in [-0.2, -0.15) is 0 Å². The third-order valence-corrected chi connectivity index (χ3v) is 1.86. The molecule has 1 fully saturated rings. The topological polar surface area (TPSA) is 49.7 Å². The number of aliphatic hydroxyl groups is 2. The van der Waals surface area contributed by atoms with Crippen molar-refractivity contribution in [2.75, 3.05) is 0 Å². The average Bonchev–Trinajstić information content (AvgIpc) is 2.36. The number of fused-ring (bicyclic) bond motifs is 1. The number of ether oxygens (including phenoxy) is 1. The highest BCUT2D eigenvalue weighted by atomic mass is 16.6. The predicted octanol–water partition coefficient (Wildman–Crippen LogP) is -0.912. The molecule has 1 heterocycles. The Balaban J connectivity index is 2.20. The molecule has 0 aromatic heterocycles. The van der Waals surface area contributed by atoms with Crippen molar-refractivity contribution in [2.45, 2.75) is 24.9 Å². The third kappa shape index (κ3) is 0.613. The van der Waals surface area contributed by atoms with E-state index in [1.807, 2.05) is 0 Å². The fourth-order valence-corrected chi connectivity index (χ4v) is 1.15. The second-order valence-electron chi connectivity index (χ2n) is 2.75. The summed E-state index contributed by atoms with van der Waals surface area (Å²) in [6.07, 6.45) is -0.633. The van der Waals surface area contributed by atoms with Crippen LogP contribution in [-0.2, 0) is 4.74 Å². The van der Waals surface area contributed by atoms with Crippen molar-refractivity contribution in [2.24, 2.45) is 5.92 Å². The molecule has 2 aliphatic rings. The summed E-state index contributed by atoms with van der Waals surface area (Å²) in [5.74, 6) is 3.42. The molecule has 3 unspecified atom stereocenters. The smallest absolute Gasteiger partial charge is 0.208 e. The first-order chi connectivity index (χ1) is 4.62. The van der Waals surface area contributed by atoms with Crippen LogP contribution in [0.1, 0.15) is 6.92 Å². The molecule has 0 saturated heterocycles. The van der Waals surface area contributed by atoms with E-state index < -0.39 is 11.9 Å². The van der Waals surface area contributed by atoms with Gasteiger partial charge in [0, 0.05) is 0 Å². The van der Waals surface area contributed by atoms with E-state index in [4.69, 9.17) is 14.9 Å². The molecule has 0 bridgehead atoms. The van der Waals surface area contributed by atoms with E-state index in [9.17, 15) is 0 Å². The first-order valence-electron chi connectivity index (χ1n) is 3.23. The maximum atomic E-state index is 9.04. The lowest BCUT2D eigenvalue weighted by Crippen LogP contribution is -2.17. The lowest BCUT2D eigenvalue weighted by molar-refractivity contribution is -0.117. The molecule has 10 heavy (non-hydrogen) atoms. The van der Waals surface area contributed by atoms with Gasteiger partial charge in [0.1, 0.15) is 18.1 Å². The molecule has 3 atom stereocenters. The third-order valence-electron chi connectivity index (χ3n) is 1.86. The fourth-order valence-electron chi connectivity index (χ4n) is 1.15. The summed E-state index contributed by atoms with van der Waals surface area (Å²) in [5.41, 5.74) is 0. The van der Waals surface area contributed by atoms with Gasteiger partial charge >= 0.3 is 0 Å². The zero-order chi connectivity index (χ0) is 7.35. The van der Waals surface area contributed by atoms with E-state index in [0.717, 1.165) is 0 Å². The Kier molecular flexibility index (Phi) is 0.948. The molecular formula is C7H8O3. The van der Waals surface area contributed by atoms with Crippen molar-refractivity contribution in [3.8, 4) is 11.8 Å². The first kappa shape index (κ1) is 6.17. The standard InChI is InChI=1S/C7H8O3/c1-4-2-3-5-6(10-4)7(5,8)9/h4-6,8-9H,1H3. The van der Waals surface area contributed by atoms with Gasteiger partial charge in [0.2, 0.25) is 5.79 Å². The molecule has 3 nitrogen and oxygen atoms in total. The zero-order valence-electron chi connectivity index (χ0n) is 5.53. The zero-order valence-corrected chi connectivity index (χ0v) is 5.53. The molecule has 0 spiro atoms. The van der Waals surface area contributed by atoms with Crippen LogP contribution in [0.4, 0.5) is 0 Å². The van der Waals surface area contributed by atoms with Gasteiger partial charge in [-0.1, -0.05) is 11.8 Å². The van der Waals surface area contributed by atoms with Gasteiger partial charge in [-0.15, -0.1) is 0 Å². The predicted molar refractivity (Wildman–Crippen MR) is 32.8 cm³/mol. The van der Waals surface area contributed by atoms with Crippen molar-refractivity contribution in [3.05, 3.63) is 0 Å². The summed E-state index contributed by atoms with van der Waals surface area (Å²) in [6.45, 7) is 1.79. The van der Waals surface area contributed by atoms with Gasteiger partial charge < -0.3 is 14.9 Å². The van der Waals surface area contributed by atoms with E-state index in [1.54, 1.807) is 6.92 Å². The first-order valence-corrected chi connectivity index (χ1v) is 3.23. The van der Waals surface area contributed by atoms with Crippen LogP contribution in [0.3, 0.4) is 0 Å². The molecule has 1 aliphatic heterocycles. The Morgan fingerprint density at radius 2 is 2.10 bits per heavy atom. The molecule has 0 radical (unpaired) electrons. The quantitative estimate of drug-likeness (QED) is 0.338. The van der Waals surface area contributed by atoms with Crippen LogP contribution in [0.2, 0.25) is 0 Å². The summed E-state index contributed by atoms with van der Waals surface area (Å²) in [7, 11) is 0. The molecule has 1 saturated carbocycles. The highest BCUT2D eigenvalue weighted by Gasteiger charge is 2.66. The summed E-state index contributed by atoms with van der Waals surface area (Å²) in [5, 5.41) is 18.1. The van der Waals surface area contributed by atoms with Gasteiger partial charge in [-0.3, -0.25) is 0 Å². The normalized spacial score (nSPS) is 46.9. The number of hydrogen-bond acceptors (Lipinski definition) is 3. The molecule has 54 valence electrons. The minimum Gasteiger partial charge on any atom is -0.362 e. The molecule has 1 aliphatic carbocycles. The van der Waals surface area contributed by atoms with Gasteiger partial charge in [0.25, 0.3) is 0 Å². The SMILES string of the molecule is CC1C#CC2C(O1)C2(O)O. The lowest BCUT2D eigenvalue weighted by Gasteiger charge is -2.07. The van der Waals surface area contributed by atoms with Crippen molar-refractivity contribution in [1.29, 1.82) is 0 Å². The average molecular weight is 140 g/mol. The summed E-state index contributed by atoms with van der Waals surface area (Å²) in [6, 6.07) is 0. The molecule has 0 aromatic carbocycles. The number of rotatable bonds is 0. The van der Waals surface area contributed by atoms with Gasteiger partial charge in [-0.05, 0) is 6.92 Å². The van der Waals surface area contributed by atoms with E-state index >= 15 is 0 Å². The van der Waals surface area contributed by atoms with Crippen LogP contribution >= 0.6 is 0 Å². The Labute approximate surface area is 58.6 Å². The molecule has 3 heteroatoms. The summed E-state index contributed by atoms with van der Waals surface area (Å²) in [4.78, 5) is 0. The summed E-state index contributed by atoms with van der Waals surface area (Å²) < 4.78 is 5.10. The van der Waals surface area contributed by atoms with Crippen LogP contribution in [0.5, 0.6) is 0 Å². The fraction of sp³-hybridized carbons (Fsp3) is 0.714. The minimum absolute atomic E-state index is 0.164. The number of hydrogen-bond donors (Lipinski definition) is 2. The summed E-state index contributed by atoms with van der Waals surface area (Å²) >= 11 is 0. The van der Waals surface area contributed by atoms with Gasteiger partial charge in [0.15, 0.2) is 0 Å². The van der Waals surface area contributed by atoms with E-state index in [1.165, 1.54) is 0 Å². The maximum Gasteiger partial charge on any atom is 0.208 e. The van der Waals surface area contributed by atoms with Gasteiger partial charge in [-0.25, -0.2) is 0 Å². The van der Waals surface area contributed by atoms with Crippen LogP contribution in [0, 0.1) is 17.8 Å². The lowest BCUT2D eigenvalue weighted by atomic mass is 10.3. The van der Waals surface area contributed by atoms with Crippen LogP contribution in [0.15, 0.2) is 0 Å². The second kappa shape index (κ2) is 1.54. The van der Waals surface area contributed by atoms with Gasteiger partial charge in [0.05, 0.1) is 0 Å². The van der Waals surface area contributed by atoms with Crippen molar-refractivity contribution in [1.82, 2.24) is 0 Å². The highest BCUT2D eigenvalue weighted by molar-refractivity contribution is 5.28. The minimum atomic E-state index is -1.67. The molecule has 2 N–H and O–H groups in total. The molecule has 0 amide bonds.